The van der Waals surface area contributed by atoms with E-state index in [2.05, 4.69) is 24.8 Å². The summed E-state index contributed by atoms with van der Waals surface area (Å²) in [6, 6.07) is 8.34. The molecular weight excluding hydrogens is 402 g/mol. The molecule has 3 fully saturated rings. The molecule has 2 saturated carbocycles. The second kappa shape index (κ2) is 8.04. The number of anilines is 1. The Bertz CT molecular complexity index is 1060. The summed E-state index contributed by atoms with van der Waals surface area (Å²) in [5, 5.41) is 0. The molecule has 1 amide bonds. The maximum atomic E-state index is 13.4. The number of aromatic nitrogens is 3. The molecule has 6 rings (SSSR count). The van der Waals surface area contributed by atoms with E-state index in [9.17, 15) is 4.79 Å². The zero-order chi connectivity index (χ0) is 21.5. The molecular formula is C25H27N5O2. The van der Waals surface area contributed by atoms with E-state index >= 15 is 0 Å². The molecule has 3 aliphatic rings. The summed E-state index contributed by atoms with van der Waals surface area (Å²) in [4.78, 5) is 31.2. The average Bonchev–Trinajstić information content (AvgIpc) is 3.79. The molecule has 0 atom stereocenters. The number of amides is 1. The first-order valence-electron chi connectivity index (χ1n) is 11.6. The molecule has 7 nitrogen and oxygen atoms in total. The van der Waals surface area contributed by atoms with Gasteiger partial charge in [-0.1, -0.05) is 12.1 Å². The third kappa shape index (κ3) is 3.87. The van der Waals surface area contributed by atoms with Crippen molar-refractivity contribution in [3.8, 4) is 11.3 Å². The van der Waals surface area contributed by atoms with Gasteiger partial charge >= 0.3 is 0 Å². The van der Waals surface area contributed by atoms with Crippen molar-refractivity contribution < 1.29 is 9.21 Å². The van der Waals surface area contributed by atoms with Crippen molar-refractivity contribution >= 4 is 11.7 Å². The highest BCUT2D eigenvalue weighted by atomic mass is 16.3. The SMILES string of the molecule is O=C(c1ccc(-c2cnco2)cc1)N(C1CC1)C1CCN(c2cnc(C3CC3)cn2)CC1. The third-order valence-electron chi connectivity index (χ3n) is 6.86. The fourth-order valence-electron chi connectivity index (χ4n) is 4.72. The first-order valence-corrected chi connectivity index (χ1v) is 11.6. The normalized spacial score (nSPS) is 19.2. The van der Waals surface area contributed by atoms with Gasteiger partial charge in [0.1, 0.15) is 5.82 Å². The quantitative estimate of drug-likeness (QED) is 0.582. The van der Waals surface area contributed by atoms with Crippen LogP contribution in [0.2, 0.25) is 0 Å². The highest BCUT2D eigenvalue weighted by Crippen LogP contribution is 2.39. The number of piperidine rings is 1. The number of hydrogen-bond donors (Lipinski definition) is 0. The Kier molecular flexibility index (Phi) is 4.89. The van der Waals surface area contributed by atoms with Crippen molar-refractivity contribution in [2.75, 3.05) is 18.0 Å². The van der Waals surface area contributed by atoms with Crippen LogP contribution in [0, 0.1) is 0 Å². The molecule has 3 heterocycles. The van der Waals surface area contributed by atoms with Gasteiger partial charge in [-0.15, -0.1) is 0 Å². The Morgan fingerprint density at radius 3 is 2.25 bits per heavy atom. The zero-order valence-electron chi connectivity index (χ0n) is 18.1. The molecule has 0 radical (unpaired) electrons. The summed E-state index contributed by atoms with van der Waals surface area (Å²) < 4.78 is 5.36. The predicted octanol–water partition coefficient (Wildman–Crippen LogP) is 4.28. The van der Waals surface area contributed by atoms with Gasteiger partial charge in [0.2, 0.25) is 0 Å². The maximum absolute atomic E-state index is 13.4. The lowest BCUT2D eigenvalue weighted by atomic mass is 10.0. The fraction of sp³-hybridized carbons (Fsp3) is 0.440. The number of carbonyl (C=O) groups is 1. The van der Waals surface area contributed by atoms with Gasteiger partial charge in [-0.3, -0.25) is 9.78 Å². The van der Waals surface area contributed by atoms with Crippen LogP contribution in [0.4, 0.5) is 5.82 Å². The van der Waals surface area contributed by atoms with Crippen LogP contribution in [0.5, 0.6) is 0 Å². The molecule has 1 saturated heterocycles. The molecule has 1 aromatic carbocycles. The Morgan fingerprint density at radius 1 is 0.906 bits per heavy atom. The molecule has 164 valence electrons. The molecule has 0 unspecified atom stereocenters. The van der Waals surface area contributed by atoms with Crippen LogP contribution in [0.15, 0.2) is 53.7 Å². The van der Waals surface area contributed by atoms with Gasteiger partial charge in [0.25, 0.3) is 5.91 Å². The molecule has 7 heteroatoms. The van der Waals surface area contributed by atoms with Crippen molar-refractivity contribution in [3.05, 3.63) is 60.5 Å². The van der Waals surface area contributed by atoms with Crippen molar-refractivity contribution in [3.63, 3.8) is 0 Å². The van der Waals surface area contributed by atoms with E-state index in [1.807, 2.05) is 36.7 Å². The van der Waals surface area contributed by atoms with Gasteiger partial charge in [-0.25, -0.2) is 9.97 Å². The summed E-state index contributed by atoms with van der Waals surface area (Å²) in [5.74, 6) is 2.44. The van der Waals surface area contributed by atoms with E-state index in [1.165, 1.54) is 19.2 Å². The summed E-state index contributed by atoms with van der Waals surface area (Å²) >= 11 is 0. The first-order chi connectivity index (χ1) is 15.8. The van der Waals surface area contributed by atoms with Gasteiger partial charge in [0, 0.05) is 42.2 Å². The Hall–Kier alpha value is -3.22. The first kappa shape index (κ1) is 19.5. The molecule has 0 bridgehead atoms. The Balaban J connectivity index is 1.12. The maximum Gasteiger partial charge on any atom is 0.254 e. The molecule has 2 aromatic heterocycles. The molecule has 1 aliphatic heterocycles. The van der Waals surface area contributed by atoms with Gasteiger partial charge in [-0.05, 0) is 50.7 Å². The Morgan fingerprint density at radius 2 is 1.66 bits per heavy atom. The van der Waals surface area contributed by atoms with Gasteiger partial charge in [0.15, 0.2) is 12.2 Å². The molecule has 0 N–H and O–H groups in total. The number of carbonyl (C=O) groups excluding carboxylic acids is 1. The van der Waals surface area contributed by atoms with Crippen molar-refractivity contribution in [1.29, 1.82) is 0 Å². The third-order valence-corrected chi connectivity index (χ3v) is 6.86. The average molecular weight is 430 g/mol. The van der Waals surface area contributed by atoms with E-state index < -0.39 is 0 Å². The van der Waals surface area contributed by atoms with E-state index in [1.54, 1.807) is 6.20 Å². The van der Waals surface area contributed by atoms with Crippen LogP contribution in [0.25, 0.3) is 11.3 Å². The lowest BCUT2D eigenvalue weighted by Gasteiger charge is -2.39. The van der Waals surface area contributed by atoms with Crippen LogP contribution in [-0.4, -0.2) is 50.9 Å². The van der Waals surface area contributed by atoms with Crippen LogP contribution in [0.1, 0.15) is 60.5 Å². The minimum atomic E-state index is 0.142. The summed E-state index contributed by atoms with van der Waals surface area (Å²) in [5.41, 5.74) is 2.80. The lowest BCUT2D eigenvalue weighted by molar-refractivity contribution is 0.0630. The van der Waals surface area contributed by atoms with Gasteiger partial charge in [0.05, 0.1) is 24.3 Å². The van der Waals surface area contributed by atoms with Gasteiger partial charge in [-0.2, -0.15) is 0 Å². The van der Waals surface area contributed by atoms with Gasteiger partial charge < -0.3 is 14.2 Å². The van der Waals surface area contributed by atoms with E-state index in [4.69, 9.17) is 4.42 Å². The largest absolute Gasteiger partial charge is 0.444 e. The van der Waals surface area contributed by atoms with Crippen molar-refractivity contribution in [2.24, 2.45) is 0 Å². The van der Waals surface area contributed by atoms with Crippen LogP contribution in [-0.2, 0) is 0 Å². The molecule has 3 aromatic rings. The number of rotatable bonds is 6. The summed E-state index contributed by atoms with van der Waals surface area (Å²) in [6.07, 6.45) is 13.6. The number of nitrogens with zero attached hydrogens (tertiary/aromatic N) is 5. The predicted molar refractivity (Wildman–Crippen MR) is 120 cm³/mol. The monoisotopic (exact) mass is 429 g/mol. The Labute approximate surface area is 187 Å². The van der Waals surface area contributed by atoms with Crippen LogP contribution < -0.4 is 4.90 Å². The van der Waals surface area contributed by atoms with E-state index in [-0.39, 0.29) is 11.9 Å². The van der Waals surface area contributed by atoms with Crippen molar-refractivity contribution in [2.45, 2.75) is 56.5 Å². The highest BCUT2D eigenvalue weighted by molar-refractivity contribution is 5.95. The topological polar surface area (TPSA) is 75.4 Å². The van der Waals surface area contributed by atoms with Crippen LogP contribution in [0.3, 0.4) is 0 Å². The van der Waals surface area contributed by atoms with E-state index in [0.29, 0.717) is 17.7 Å². The fourth-order valence-corrected chi connectivity index (χ4v) is 4.72. The number of benzene rings is 1. The zero-order valence-corrected chi connectivity index (χ0v) is 18.1. The number of hydrogen-bond acceptors (Lipinski definition) is 6. The summed E-state index contributed by atoms with van der Waals surface area (Å²) in [6.45, 7) is 1.81. The van der Waals surface area contributed by atoms with E-state index in [0.717, 1.165) is 61.4 Å². The summed E-state index contributed by atoms with van der Waals surface area (Å²) in [7, 11) is 0. The second-order valence-corrected chi connectivity index (χ2v) is 9.18. The molecule has 0 spiro atoms. The van der Waals surface area contributed by atoms with Crippen LogP contribution >= 0.6 is 0 Å². The smallest absolute Gasteiger partial charge is 0.254 e. The minimum absolute atomic E-state index is 0.142. The minimum Gasteiger partial charge on any atom is -0.444 e. The molecule has 2 aliphatic carbocycles. The standard InChI is InChI=1S/C25H27N5O2/c31-25(19-5-3-18(4-6-19)23-14-26-16-32-23)30(20-7-8-20)21-9-11-29(12-10-21)24-15-27-22(13-28-24)17-1-2-17/h3-6,13-17,20-21H,1-2,7-12H2. The molecule has 32 heavy (non-hydrogen) atoms. The van der Waals surface area contributed by atoms with Crippen molar-refractivity contribution in [1.82, 2.24) is 19.9 Å². The lowest BCUT2D eigenvalue weighted by Crippen LogP contribution is -2.48. The number of oxazole rings is 1. The highest BCUT2D eigenvalue weighted by Gasteiger charge is 2.39. The second-order valence-electron chi connectivity index (χ2n) is 9.18.